The predicted molar refractivity (Wildman–Crippen MR) is 105 cm³/mol. The third kappa shape index (κ3) is 4.05. The summed E-state index contributed by atoms with van der Waals surface area (Å²) in [5.74, 6) is -0.777. The molecule has 1 N–H and O–H groups in total. The SMILES string of the molecule is CC1(C)CCC(C)(C)c2cc(Oc3ccc(CC(=O)C(=O)O)cc3)ccc21. The number of carboxylic acids is 1. The lowest BCUT2D eigenvalue weighted by Gasteiger charge is -2.41. The molecule has 4 nitrogen and oxygen atoms in total. The molecule has 27 heavy (non-hydrogen) atoms. The summed E-state index contributed by atoms with van der Waals surface area (Å²) in [5.41, 5.74) is 3.66. The molecule has 0 heterocycles. The van der Waals surface area contributed by atoms with Gasteiger partial charge in [0.25, 0.3) is 0 Å². The second-order valence-corrected chi connectivity index (χ2v) is 8.63. The van der Waals surface area contributed by atoms with Gasteiger partial charge in [0.15, 0.2) is 0 Å². The van der Waals surface area contributed by atoms with Gasteiger partial charge in [-0.2, -0.15) is 0 Å². The van der Waals surface area contributed by atoms with E-state index < -0.39 is 11.8 Å². The van der Waals surface area contributed by atoms with Gasteiger partial charge in [0.05, 0.1) is 0 Å². The van der Waals surface area contributed by atoms with Crippen LogP contribution in [0.3, 0.4) is 0 Å². The van der Waals surface area contributed by atoms with Crippen LogP contribution in [-0.2, 0) is 26.8 Å². The van der Waals surface area contributed by atoms with E-state index in [1.54, 1.807) is 24.3 Å². The first-order valence-corrected chi connectivity index (χ1v) is 9.26. The Morgan fingerprint density at radius 2 is 1.44 bits per heavy atom. The Morgan fingerprint density at radius 1 is 0.889 bits per heavy atom. The Labute approximate surface area is 160 Å². The minimum Gasteiger partial charge on any atom is -0.475 e. The molecule has 0 spiro atoms. The summed E-state index contributed by atoms with van der Waals surface area (Å²) in [6.45, 7) is 9.13. The van der Waals surface area contributed by atoms with Crippen molar-refractivity contribution in [3.05, 3.63) is 59.2 Å². The van der Waals surface area contributed by atoms with E-state index in [0.29, 0.717) is 11.3 Å². The number of fused-ring (bicyclic) bond motifs is 1. The van der Waals surface area contributed by atoms with Crippen molar-refractivity contribution in [1.82, 2.24) is 0 Å². The quantitative estimate of drug-likeness (QED) is 0.754. The smallest absolute Gasteiger partial charge is 0.372 e. The van der Waals surface area contributed by atoms with Crippen molar-refractivity contribution < 1.29 is 19.4 Å². The molecule has 0 bridgehead atoms. The van der Waals surface area contributed by atoms with Gasteiger partial charge in [0.1, 0.15) is 11.5 Å². The molecule has 0 unspecified atom stereocenters. The zero-order valence-corrected chi connectivity index (χ0v) is 16.3. The number of rotatable bonds is 5. The average molecular weight is 366 g/mol. The van der Waals surface area contributed by atoms with Gasteiger partial charge < -0.3 is 9.84 Å². The van der Waals surface area contributed by atoms with Crippen molar-refractivity contribution in [2.24, 2.45) is 0 Å². The Bertz CT molecular complexity index is 876. The first-order chi connectivity index (χ1) is 12.6. The van der Waals surface area contributed by atoms with Crippen LogP contribution in [0.25, 0.3) is 0 Å². The summed E-state index contributed by atoms with van der Waals surface area (Å²) < 4.78 is 6.01. The lowest BCUT2D eigenvalue weighted by molar-refractivity contribution is -0.148. The van der Waals surface area contributed by atoms with E-state index in [1.165, 1.54) is 17.5 Å². The minimum absolute atomic E-state index is 0.113. The van der Waals surface area contributed by atoms with E-state index in [9.17, 15) is 9.59 Å². The number of Topliss-reactive ketones (excluding diaryl/α,β-unsaturated/α-hetero) is 1. The summed E-state index contributed by atoms with van der Waals surface area (Å²) in [6.07, 6.45) is 2.20. The maximum Gasteiger partial charge on any atom is 0.372 e. The van der Waals surface area contributed by atoms with E-state index in [0.717, 1.165) is 12.2 Å². The third-order valence-corrected chi connectivity index (χ3v) is 5.59. The number of hydrogen-bond donors (Lipinski definition) is 1. The van der Waals surface area contributed by atoms with Crippen LogP contribution in [0.2, 0.25) is 0 Å². The molecular weight excluding hydrogens is 340 g/mol. The number of benzene rings is 2. The van der Waals surface area contributed by atoms with Gasteiger partial charge in [-0.3, -0.25) is 4.79 Å². The monoisotopic (exact) mass is 366 g/mol. The van der Waals surface area contributed by atoms with Gasteiger partial charge in [0, 0.05) is 6.42 Å². The molecule has 3 rings (SSSR count). The normalized spacial score (nSPS) is 17.0. The molecule has 0 aliphatic heterocycles. The minimum atomic E-state index is -1.41. The van der Waals surface area contributed by atoms with E-state index in [1.807, 2.05) is 6.07 Å². The number of carboxylic acid groups (broad SMARTS) is 1. The van der Waals surface area contributed by atoms with Crippen molar-refractivity contribution in [3.8, 4) is 11.5 Å². The van der Waals surface area contributed by atoms with Gasteiger partial charge in [-0.25, -0.2) is 4.79 Å². The van der Waals surface area contributed by atoms with Gasteiger partial charge in [0.2, 0.25) is 5.78 Å². The van der Waals surface area contributed by atoms with Crippen LogP contribution in [0.5, 0.6) is 11.5 Å². The summed E-state index contributed by atoms with van der Waals surface area (Å²) in [5, 5.41) is 8.69. The zero-order valence-electron chi connectivity index (χ0n) is 16.3. The molecule has 142 valence electrons. The standard InChI is InChI=1S/C23H26O4/c1-22(2)11-12-23(3,4)19-14-17(9-10-18(19)22)27-16-7-5-15(6-8-16)13-20(24)21(25)26/h5-10,14H,11-13H2,1-4H3,(H,25,26). The second-order valence-electron chi connectivity index (χ2n) is 8.63. The largest absolute Gasteiger partial charge is 0.475 e. The fourth-order valence-electron chi connectivity index (χ4n) is 3.70. The second kappa shape index (κ2) is 6.84. The van der Waals surface area contributed by atoms with Crippen LogP contribution in [0.15, 0.2) is 42.5 Å². The molecule has 0 fully saturated rings. The van der Waals surface area contributed by atoms with Crippen LogP contribution in [-0.4, -0.2) is 16.9 Å². The highest BCUT2D eigenvalue weighted by Gasteiger charge is 2.37. The number of ether oxygens (including phenoxy) is 1. The molecule has 0 saturated carbocycles. The number of carbonyl (C=O) groups excluding carboxylic acids is 1. The van der Waals surface area contributed by atoms with Crippen molar-refractivity contribution in [1.29, 1.82) is 0 Å². The first kappa shape index (κ1) is 19.2. The molecular formula is C23H26O4. The van der Waals surface area contributed by atoms with Crippen LogP contribution in [0.1, 0.15) is 57.2 Å². The van der Waals surface area contributed by atoms with Crippen molar-refractivity contribution >= 4 is 11.8 Å². The Kier molecular flexibility index (Phi) is 4.85. The maximum atomic E-state index is 11.3. The predicted octanol–water partition coefficient (Wildman–Crippen LogP) is 5.02. The van der Waals surface area contributed by atoms with Crippen molar-refractivity contribution in [3.63, 3.8) is 0 Å². The Hall–Kier alpha value is -2.62. The van der Waals surface area contributed by atoms with E-state index in [2.05, 4.69) is 39.8 Å². The summed E-state index contributed by atoms with van der Waals surface area (Å²) in [6, 6.07) is 13.3. The fourth-order valence-corrected chi connectivity index (χ4v) is 3.70. The number of ketones is 1. The Morgan fingerprint density at radius 3 is 2.04 bits per heavy atom. The van der Waals surface area contributed by atoms with Gasteiger partial charge in [-0.05, 0) is 64.6 Å². The zero-order chi connectivity index (χ0) is 19.8. The highest BCUT2D eigenvalue weighted by Crippen LogP contribution is 2.47. The van der Waals surface area contributed by atoms with Crippen LogP contribution in [0.4, 0.5) is 0 Å². The molecule has 0 saturated heterocycles. The highest BCUT2D eigenvalue weighted by molar-refractivity contribution is 6.33. The molecule has 4 heteroatoms. The number of aliphatic carboxylic acids is 1. The molecule has 1 aliphatic rings. The molecule has 2 aromatic carbocycles. The molecule has 0 radical (unpaired) electrons. The molecule has 0 amide bonds. The Balaban J connectivity index is 1.81. The van der Waals surface area contributed by atoms with Crippen molar-refractivity contribution in [2.45, 2.75) is 57.8 Å². The lowest BCUT2D eigenvalue weighted by atomic mass is 9.63. The summed E-state index contributed by atoms with van der Waals surface area (Å²) in [7, 11) is 0. The molecule has 0 atom stereocenters. The van der Waals surface area contributed by atoms with Crippen LogP contribution >= 0.6 is 0 Å². The molecule has 1 aliphatic carbocycles. The first-order valence-electron chi connectivity index (χ1n) is 9.26. The third-order valence-electron chi connectivity index (χ3n) is 5.59. The lowest BCUT2D eigenvalue weighted by Crippen LogP contribution is -2.33. The van der Waals surface area contributed by atoms with E-state index in [4.69, 9.17) is 9.84 Å². The van der Waals surface area contributed by atoms with E-state index in [-0.39, 0.29) is 17.3 Å². The number of hydrogen-bond acceptors (Lipinski definition) is 3. The molecule has 0 aromatic heterocycles. The van der Waals surface area contributed by atoms with Gasteiger partial charge >= 0.3 is 5.97 Å². The summed E-state index contributed by atoms with van der Waals surface area (Å²) in [4.78, 5) is 22.0. The van der Waals surface area contributed by atoms with Gasteiger partial charge in [-0.1, -0.05) is 45.9 Å². The number of carbonyl (C=O) groups is 2. The maximum absolute atomic E-state index is 11.3. The van der Waals surface area contributed by atoms with E-state index >= 15 is 0 Å². The van der Waals surface area contributed by atoms with Crippen molar-refractivity contribution in [2.75, 3.05) is 0 Å². The topological polar surface area (TPSA) is 63.6 Å². The fraction of sp³-hybridized carbons (Fsp3) is 0.391. The van der Waals surface area contributed by atoms with Gasteiger partial charge in [-0.15, -0.1) is 0 Å². The van der Waals surface area contributed by atoms with Crippen LogP contribution in [0, 0.1) is 0 Å². The highest BCUT2D eigenvalue weighted by atomic mass is 16.5. The summed E-state index contributed by atoms with van der Waals surface area (Å²) >= 11 is 0. The van der Waals surface area contributed by atoms with Crippen LogP contribution < -0.4 is 4.74 Å². The average Bonchev–Trinajstić information content (AvgIpc) is 2.61. The molecule has 2 aromatic rings.